The molecule has 0 aliphatic heterocycles. The average Bonchev–Trinajstić information content (AvgIpc) is 3.27. The molecule has 3 N–H and O–H groups in total. The number of ketones is 1. The monoisotopic (exact) mass is 612 g/mol. The maximum Gasteiger partial charge on any atom is 0.321 e. The lowest BCUT2D eigenvalue weighted by molar-refractivity contribution is -0.145. The number of pyridine rings is 1. The molecular formula is C26H24Cl2F2N4O5S. The van der Waals surface area contributed by atoms with E-state index in [1.165, 1.54) is 17.0 Å². The Bertz CT molecular complexity index is 1680. The Kier molecular flexibility index (Phi) is 9.85. The first-order chi connectivity index (χ1) is 18.5. The lowest BCUT2D eigenvalue weighted by atomic mass is 10.00. The quantitative estimate of drug-likeness (QED) is 0.192. The Labute approximate surface area is 239 Å². The van der Waals surface area contributed by atoms with Gasteiger partial charge in [0.1, 0.15) is 11.5 Å². The van der Waals surface area contributed by atoms with E-state index in [9.17, 15) is 22.4 Å². The van der Waals surface area contributed by atoms with Gasteiger partial charge in [-0.2, -0.15) is 0 Å². The number of sulfonamides is 1. The van der Waals surface area contributed by atoms with E-state index in [4.69, 9.17) is 22.1 Å². The number of rotatable bonds is 10. The third kappa shape index (κ3) is 6.58. The lowest BCUT2D eigenvalue weighted by Gasteiger charge is -2.11. The molecule has 2 aromatic carbocycles. The molecule has 0 saturated heterocycles. The Balaban J connectivity index is 0.00000441. The number of halogens is 4. The van der Waals surface area contributed by atoms with Crippen LogP contribution in [0.25, 0.3) is 22.2 Å². The van der Waals surface area contributed by atoms with E-state index in [0.29, 0.717) is 16.1 Å². The van der Waals surface area contributed by atoms with Crippen molar-refractivity contribution in [2.24, 2.45) is 5.73 Å². The zero-order valence-corrected chi connectivity index (χ0v) is 23.4. The van der Waals surface area contributed by atoms with Gasteiger partial charge in [-0.15, -0.1) is 12.4 Å². The van der Waals surface area contributed by atoms with Crippen LogP contribution in [0.4, 0.5) is 14.5 Å². The van der Waals surface area contributed by atoms with Gasteiger partial charge in [0.05, 0.1) is 29.1 Å². The zero-order valence-electron chi connectivity index (χ0n) is 21.0. The van der Waals surface area contributed by atoms with Gasteiger partial charge in [-0.25, -0.2) is 22.2 Å². The van der Waals surface area contributed by atoms with Crippen molar-refractivity contribution in [2.45, 2.75) is 20.1 Å². The van der Waals surface area contributed by atoms with Crippen molar-refractivity contribution in [1.29, 1.82) is 0 Å². The second-order valence-electron chi connectivity index (χ2n) is 8.50. The van der Waals surface area contributed by atoms with Crippen LogP contribution in [0.15, 0.2) is 54.9 Å². The minimum Gasteiger partial charge on any atom is -0.443 e. The fraction of sp³-hybridized carbons (Fsp3) is 0.192. The summed E-state index contributed by atoms with van der Waals surface area (Å²) in [6.45, 7) is 0.882. The maximum absolute atomic E-state index is 15.4. The molecule has 2 heterocycles. The van der Waals surface area contributed by atoms with E-state index in [1.807, 2.05) is 0 Å². The van der Waals surface area contributed by atoms with Crippen LogP contribution in [0.1, 0.15) is 29.3 Å². The van der Waals surface area contributed by atoms with Crippen molar-refractivity contribution in [3.8, 4) is 11.1 Å². The highest BCUT2D eigenvalue weighted by atomic mass is 35.5. The molecule has 0 bridgehead atoms. The average molecular weight is 613 g/mol. The van der Waals surface area contributed by atoms with Crippen molar-refractivity contribution in [2.75, 3.05) is 17.0 Å². The van der Waals surface area contributed by atoms with Gasteiger partial charge >= 0.3 is 5.97 Å². The van der Waals surface area contributed by atoms with E-state index in [-0.39, 0.29) is 54.5 Å². The number of nitrogens with two attached hydrogens (primary N) is 1. The Hall–Kier alpha value is -3.58. The minimum absolute atomic E-state index is 0. The molecule has 4 aromatic rings. The van der Waals surface area contributed by atoms with Crippen LogP contribution in [0.2, 0.25) is 5.02 Å². The van der Waals surface area contributed by atoms with Gasteiger partial charge in [0.15, 0.2) is 12.5 Å². The molecule has 0 unspecified atom stereocenters. The van der Waals surface area contributed by atoms with Crippen molar-refractivity contribution < 1.29 is 31.5 Å². The molecule has 0 aliphatic rings. The number of benzene rings is 2. The van der Waals surface area contributed by atoms with E-state index in [1.54, 1.807) is 37.3 Å². The van der Waals surface area contributed by atoms with Crippen LogP contribution in [0.3, 0.4) is 0 Å². The number of hydrogen-bond donors (Lipinski definition) is 2. The molecule has 0 atom stereocenters. The maximum atomic E-state index is 15.4. The summed E-state index contributed by atoms with van der Waals surface area (Å²) >= 11 is 5.98. The van der Waals surface area contributed by atoms with Crippen molar-refractivity contribution in [3.05, 3.63) is 82.6 Å². The predicted molar refractivity (Wildman–Crippen MR) is 150 cm³/mol. The van der Waals surface area contributed by atoms with Gasteiger partial charge in [-0.3, -0.25) is 18.9 Å². The lowest BCUT2D eigenvalue weighted by Crippen LogP contribution is -2.19. The first kappa shape index (κ1) is 31.0. The van der Waals surface area contributed by atoms with E-state index < -0.39 is 44.7 Å². The molecular weight excluding hydrogens is 589 g/mol. The van der Waals surface area contributed by atoms with Crippen molar-refractivity contribution in [3.63, 3.8) is 0 Å². The summed E-state index contributed by atoms with van der Waals surface area (Å²) in [5.74, 6) is -4.62. The number of anilines is 1. The van der Waals surface area contributed by atoms with Crippen molar-refractivity contribution in [1.82, 2.24) is 9.55 Å². The van der Waals surface area contributed by atoms with Crippen molar-refractivity contribution >= 4 is 62.5 Å². The summed E-state index contributed by atoms with van der Waals surface area (Å²) in [5.41, 5.74) is 5.10. The summed E-state index contributed by atoms with van der Waals surface area (Å²) in [6, 6.07) is 10.1. The molecule has 14 heteroatoms. The predicted octanol–water partition coefficient (Wildman–Crippen LogP) is 4.90. The van der Waals surface area contributed by atoms with Crippen LogP contribution in [0, 0.1) is 11.6 Å². The highest BCUT2D eigenvalue weighted by Gasteiger charge is 2.27. The Morgan fingerprint density at radius 2 is 1.82 bits per heavy atom. The molecule has 0 spiro atoms. The van der Waals surface area contributed by atoms with Gasteiger partial charge in [-0.1, -0.05) is 30.7 Å². The number of fused-ring (bicyclic) bond motifs is 1. The second kappa shape index (κ2) is 12.7. The molecule has 9 nitrogen and oxygen atoms in total. The number of carbonyl (C=O) groups excluding carboxylic acids is 2. The summed E-state index contributed by atoms with van der Waals surface area (Å²) in [4.78, 5) is 29.6. The highest BCUT2D eigenvalue weighted by molar-refractivity contribution is 7.92. The van der Waals surface area contributed by atoms with Crippen LogP contribution in [0.5, 0.6) is 0 Å². The first-order valence-corrected chi connectivity index (χ1v) is 13.7. The van der Waals surface area contributed by atoms with Gasteiger partial charge in [0, 0.05) is 28.4 Å². The third-order valence-corrected chi connectivity index (χ3v) is 7.45. The number of hydrogen-bond acceptors (Lipinski definition) is 7. The van der Waals surface area contributed by atoms with Gasteiger partial charge in [0.25, 0.3) is 0 Å². The van der Waals surface area contributed by atoms with Crippen LogP contribution in [-0.2, 0) is 26.3 Å². The SMILES string of the molecule is CCCS(=O)(=O)Nc1ccc(F)c(C(=O)c2cn(COC(=O)CN)c3ncc(-c4ccc(Cl)cc4)cc23)c1F.Cl. The fourth-order valence-electron chi connectivity index (χ4n) is 3.91. The number of carbonyl (C=O) groups is 2. The number of esters is 1. The number of nitrogens with zero attached hydrogens (tertiary/aromatic N) is 2. The summed E-state index contributed by atoms with van der Waals surface area (Å²) in [6.07, 6.45) is 3.04. The normalized spacial score (nSPS) is 11.2. The second-order valence-corrected chi connectivity index (χ2v) is 10.8. The number of nitrogens with one attached hydrogen (secondary N) is 1. The molecule has 0 aliphatic carbocycles. The van der Waals surface area contributed by atoms with Crippen LogP contribution >= 0.6 is 24.0 Å². The Morgan fingerprint density at radius 3 is 2.48 bits per heavy atom. The molecule has 0 saturated carbocycles. The first-order valence-electron chi connectivity index (χ1n) is 11.7. The third-order valence-electron chi connectivity index (χ3n) is 5.72. The van der Waals surface area contributed by atoms with Crippen LogP contribution in [-0.4, -0.2) is 42.0 Å². The Morgan fingerprint density at radius 1 is 1.12 bits per heavy atom. The number of aromatic nitrogens is 2. The molecule has 4 rings (SSSR count). The topological polar surface area (TPSA) is 133 Å². The molecule has 212 valence electrons. The van der Waals surface area contributed by atoms with Crippen LogP contribution < -0.4 is 10.5 Å². The summed E-state index contributed by atoms with van der Waals surface area (Å²) in [7, 11) is -3.92. The van der Waals surface area contributed by atoms with E-state index in [2.05, 4.69) is 9.71 Å². The number of ether oxygens (including phenoxy) is 1. The molecule has 0 fully saturated rings. The molecule has 40 heavy (non-hydrogen) atoms. The highest BCUT2D eigenvalue weighted by Crippen LogP contribution is 2.31. The smallest absolute Gasteiger partial charge is 0.321 e. The van der Waals surface area contributed by atoms with Gasteiger partial charge in [0.2, 0.25) is 15.8 Å². The summed E-state index contributed by atoms with van der Waals surface area (Å²) < 4.78 is 63.1. The molecule has 0 radical (unpaired) electrons. The van der Waals surface area contributed by atoms with Gasteiger partial charge < -0.3 is 10.5 Å². The fourth-order valence-corrected chi connectivity index (χ4v) is 5.17. The summed E-state index contributed by atoms with van der Waals surface area (Å²) in [5, 5.41) is 0.726. The van der Waals surface area contributed by atoms with Gasteiger partial charge in [-0.05, 0) is 42.3 Å². The van der Waals surface area contributed by atoms with E-state index >= 15 is 4.39 Å². The standard InChI is InChI=1S/C26H23ClF2N4O5S.ClH/c1-2-9-39(36,37)32-21-8-7-20(28)23(24(21)29)25(35)19-13-33(14-38-22(34)11-30)26-18(19)10-16(12-31-26)15-3-5-17(27)6-4-15;/h3-8,10,12-13,32H,2,9,11,14,30H2,1H3;1H. The largest absolute Gasteiger partial charge is 0.443 e. The minimum atomic E-state index is -3.92. The van der Waals surface area contributed by atoms with E-state index in [0.717, 1.165) is 12.1 Å². The molecule has 0 amide bonds. The zero-order chi connectivity index (χ0) is 28.3. The molecule has 2 aromatic heterocycles.